The minimum Gasteiger partial charge on any atom is -0.479 e. The highest BCUT2D eigenvalue weighted by molar-refractivity contribution is 5.95. The average Bonchev–Trinajstić information content (AvgIpc) is 2.38. The molecule has 0 spiro atoms. The molecule has 0 aromatic heterocycles. The van der Waals surface area contributed by atoms with E-state index in [1.165, 1.54) is 7.11 Å². The number of aliphatic hydroxyl groups excluding tert-OH is 3. The fourth-order valence-corrected chi connectivity index (χ4v) is 1.69. The number of carboxylic acids is 2. The van der Waals surface area contributed by atoms with Crippen LogP contribution >= 0.6 is 0 Å². The lowest BCUT2D eigenvalue weighted by Gasteiger charge is -2.39. The Bertz CT molecular complexity index is 352. The standard InChI is InChI=1S/C10H16O10.2H3N/c1-18-10-6(13)5(12)4(11)3(20-10)2-19-7(8(14)15)9(16)17;;/h3-7,10-13H,2H2,1H3,(H,14,15)(H,16,17);2*1H3/p+2/t3-,4-,5+,6+,10+;;/m1../s1. The lowest BCUT2D eigenvalue weighted by atomic mass is 9.99. The Morgan fingerprint density at radius 2 is 1.55 bits per heavy atom. The third kappa shape index (κ3) is 5.11. The molecule has 132 valence electrons. The van der Waals surface area contributed by atoms with Gasteiger partial charge in [-0.1, -0.05) is 0 Å². The first-order valence-electron chi connectivity index (χ1n) is 5.59. The van der Waals surface area contributed by atoms with Crippen molar-refractivity contribution in [3.05, 3.63) is 0 Å². The molecule has 0 aromatic carbocycles. The topological polar surface area (TPSA) is 236 Å². The second-order valence-electron chi connectivity index (χ2n) is 4.14. The second kappa shape index (κ2) is 9.60. The van der Waals surface area contributed by atoms with Crippen LogP contribution in [-0.2, 0) is 23.8 Å². The van der Waals surface area contributed by atoms with Crippen LogP contribution in [0.15, 0.2) is 0 Å². The van der Waals surface area contributed by atoms with Crippen LogP contribution in [0, 0.1) is 0 Å². The normalized spacial score (nSPS) is 31.0. The summed E-state index contributed by atoms with van der Waals surface area (Å²) in [4.78, 5) is 21.2. The summed E-state index contributed by atoms with van der Waals surface area (Å²) < 4.78 is 14.4. The molecule has 1 aliphatic heterocycles. The van der Waals surface area contributed by atoms with Gasteiger partial charge in [0.25, 0.3) is 6.10 Å². The molecule has 0 amide bonds. The molecular weight excluding hydrogens is 308 g/mol. The van der Waals surface area contributed by atoms with E-state index < -0.39 is 55.4 Å². The molecular formula is C10H24N2O10+2. The quantitative estimate of drug-likeness (QED) is 0.258. The van der Waals surface area contributed by atoms with Gasteiger partial charge in [-0.2, -0.15) is 0 Å². The number of ether oxygens (including phenoxy) is 3. The van der Waals surface area contributed by atoms with E-state index in [1.807, 2.05) is 0 Å². The van der Waals surface area contributed by atoms with Gasteiger partial charge in [-0.3, -0.25) is 0 Å². The lowest BCUT2D eigenvalue weighted by molar-refractivity contribution is -0.297. The smallest absolute Gasteiger partial charge is 0.344 e. The number of rotatable bonds is 6. The maximum absolute atomic E-state index is 10.6. The molecule has 1 heterocycles. The van der Waals surface area contributed by atoms with Gasteiger partial charge < -0.3 is 52.0 Å². The molecule has 1 rings (SSSR count). The SMILES string of the molecule is CO[C@H]1O[C@H](COC(C(=O)O)C(=O)O)[C@@H](O)[C@H](O)[C@@H]1O.[NH4+].[NH4+]. The van der Waals surface area contributed by atoms with Crippen molar-refractivity contribution in [1.29, 1.82) is 0 Å². The summed E-state index contributed by atoms with van der Waals surface area (Å²) in [7, 11) is 1.19. The van der Waals surface area contributed by atoms with E-state index in [-0.39, 0.29) is 12.3 Å². The van der Waals surface area contributed by atoms with Crippen LogP contribution in [0.4, 0.5) is 0 Å². The van der Waals surface area contributed by atoms with E-state index in [9.17, 15) is 24.9 Å². The molecule has 12 heteroatoms. The maximum atomic E-state index is 10.6. The van der Waals surface area contributed by atoms with Gasteiger partial charge in [-0.25, -0.2) is 9.59 Å². The van der Waals surface area contributed by atoms with Crippen molar-refractivity contribution in [3.8, 4) is 0 Å². The molecule has 1 saturated heterocycles. The number of hydrogen-bond acceptors (Lipinski definition) is 8. The first-order chi connectivity index (χ1) is 9.29. The van der Waals surface area contributed by atoms with Crippen LogP contribution in [0.5, 0.6) is 0 Å². The van der Waals surface area contributed by atoms with Gasteiger partial charge >= 0.3 is 11.9 Å². The van der Waals surface area contributed by atoms with Crippen molar-refractivity contribution in [2.45, 2.75) is 36.8 Å². The van der Waals surface area contributed by atoms with Crippen molar-refractivity contribution in [1.82, 2.24) is 12.3 Å². The Balaban J connectivity index is 0. The predicted molar refractivity (Wildman–Crippen MR) is 70.7 cm³/mol. The summed E-state index contributed by atoms with van der Waals surface area (Å²) >= 11 is 0. The Hall–Kier alpha value is -1.38. The number of quaternary nitrogens is 2. The highest BCUT2D eigenvalue weighted by Crippen LogP contribution is 2.22. The minimum absolute atomic E-state index is 0. The van der Waals surface area contributed by atoms with Gasteiger partial charge in [-0.05, 0) is 0 Å². The average molecular weight is 332 g/mol. The second-order valence-corrected chi connectivity index (χ2v) is 4.14. The number of aliphatic hydroxyl groups is 3. The molecule has 0 aliphatic carbocycles. The monoisotopic (exact) mass is 332 g/mol. The van der Waals surface area contributed by atoms with E-state index in [1.54, 1.807) is 0 Å². The van der Waals surface area contributed by atoms with E-state index in [0.29, 0.717) is 0 Å². The van der Waals surface area contributed by atoms with E-state index in [4.69, 9.17) is 19.7 Å². The zero-order valence-corrected chi connectivity index (χ0v) is 12.4. The summed E-state index contributed by atoms with van der Waals surface area (Å²) in [6, 6.07) is 0. The van der Waals surface area contributed by atoms with Crippen LogP contribution in [0.3, 0.4) is 0 Å². The predicted octanol–water partition coefficient (Wildman–Crippen LogP) is -2.25. The Morgan fingerprint density at radius 3 is 1.95 bits per heavy atom. The highest BCUT2D eigenvalue weighted by atomic mass is 16.7. The van der Waals surface area contributed by atoms with Crippen molar-refractivity contribution in [3.63, 3.8) is 0 Å². The zero-order chi connectivity index (χ0) is 15.4. The van der Waals surface area contributed by atoms with Crippen molar-refractivity contribution in [2.24, 2.45) is 0 Å². The molecule has 22 heavy (non-hydrogen) atoms. The molecule has 1 aliphatic rings. The fraction of sp³-hybridized carbons (Fsp3) is 0.800. The third-order valence-electron chi connectivity index (χ3n) is 2.78. The highest BCUT2D eigenvalue weighted by Gasteiger charge is 2.44. The molecule has 12 nitrogen and oxygen atoms in total. The van der Waals surface area contributed by atoms with Crippen LogP contribution < -0.4 is 12.3 Å². The molecule has 5 atom stereocenters. The van der Waals surface area contributed by atoms with E-state index >= 15 is 0 Å². The van der Waals surface area contributed by atoms with Gasteiger partial charge in [0.15, 0.2) is 6.29 Å². The largest absolute Gasteiger partial charge is 0.479 e. The number of methoxy groups -OCH3 is 1. The number of aliphatic carboxylic acids is 2. The Kier molecular flexibility index (Phi) is 9.99. The van der Waals surface area contributed by atoms with Crippen molar-refractivity contribution < 1.29 is 49.3 Å². The van der Waals surface area contributed by atoms with Crippen LogP contribution in [-0.4, -0.2) is 88.0 Å². The van der Waals surface area contributed by atoms with Gasteiger partial charge in [-0.15, -0.1) is 0 Å². The molecule has 0 aromatic rings. The van der Waals surface area contributed by atoms with Crippen molar-refractivity contribution >= 4 is 11.9 Å². The van der Waals surface area contributed by atoms with Gasteiger partial charge in [0.1, 0.15) is 24.4 Å². The number of carboxylic acid groups (broad SMARTS) is 2. The van der Waals surface area contributed by atoms with E-state index in [0.717, 1.165) is 0 Å². The zero-order valence-electron chi connectivity index (χ0n) is 12.4. The Morgan fingerprint density at radius 1 is 1.05 bits per heavy atom. The maximum Gasteiger partial charge on any atom is 0.344 e. The minimum atomic E-state index is -2.13. The fourth-order valence-electron chi connectivity index (χ4n) is 1.69. The van der Waals surface area contributed by atoms with Crippen LogP contribution in [0.2, 0.25) is 0 Å². The number of hydrogen-bond donors (Lipinski definition) is 7. The van der Waals surface area contributed by atoms with Crippen LogP contribution in [0.1, 0.15) is 0 Å². The van der Waals surface area contributed by atoms with Gasteiger partial charge in [0, 0.05) is 7.11 Å². The molecule has 1 fully saturated rings. The van der Waals surface area contributed by atoms with E-state index in [2.05, 4.69) is 4.74 Å². The molecule has 0 saturated carbocycles. The summed E-state index contributed by atoms with van der Waals surface area (Å²) in [6.45, 7) is -0.617. The molecule has 0 unspecified atom stereocenters. The molecule has 13 N–H and O–H groups in total. The summed E-state index contributed by atoms with van der Waals surface area (Å²) in [5.74, 6) is -3.43. The Labute approximate surface area is 125 Å². The lowest BCUT2D eigenvalue weighted by Crippen LogP contribution is -2.59. The van der Waals surface area contributed by atoms with Crippen LogP contribution in [0.25, 0.3) is 0 Å². The van der Waals surface area contributed by atoms with Gasteiger partial charge in [0.05, 0.1) is 6.61 Å². The summed E-state index contributed by atoms with van der Waals surface area (Å²) in [5, 5.41) is 45.9. The number of carbonyl (C=O) groups is 2. The molecule has 0 radical (unpaired) electrons. The van der Waals surface area contributed by atoms with Gasteiger partial charge in [0.2, 0.25) is 0 Å². The summed E-state index contributed by atoms with van der Waals surface area (Å²) in [6.07, 6.45) is -9.32. The first kappa shape index (κ1) is 22.9. The first-order valence-corrected chi connectivity index (χ1v) is 5.59. The summed E-state index contributed by atoms with van der Waals surface area (Å²) in [5.41, 5.74) is 0. The molecule has 0 bridgehead atoms. The van der Waals surface area contributed by atoms with Crippen molar-refractivity contribution in [2.75, 3.05) is 13.7 Å². The third-order valence-corrected chi connectivity index (χ3v) is 2.78.